The molecule has 21 heavy (non-hydrogen) atoms. The van der Waals surface area contributed by atoms with Crippen molar-refractivity contribution in [1.82, 2.24) is 10.3 Å². The van der Waals surface area contributed by atoms with E-state index in [4.69, 9.17) is 0 Å². The lowest BCUT2D eigenvalue weighted by molar-refractivity contribution is 0.0950. The van der Waals surface area contributed by atoms with Crippen LogP contribution < -0.4 is 10.6 Å². The first kappa shape index (κ1) is 16.1. The predicted octanol–water partition coefficient (Wildman–Crippen LogP) is 3.31. The quantitative estimate of drug-likeness (QED) is 0.811. The molecule has 0 bridgehead atoms. The van der Waals surface area contributed by atoms with Crippen LogP contribution in [0.2, 0.25) is 0 Å². The Morgan fingerprint density at radius 3 is 2.86 bits per heavy atom. The molecule has 1 saturated carbocycles. The highest BCUT2D eigenvalue weighted by Crippen LogP contribution is 2.39. The van der Waals surface area contributed by atoms with Crippen molar-refractivity contribution in [3.05, 3.63) is 24.0 Å². The minimum Gasteiger partial charge on any atom is -0.384 e. The molecule has 0 atom stereocenters. The highest BCUT2D eigenvalue weighted by Gasteiger charge is 2.33. The first-order valence-corrected chi connectivity index (χ1v) is 8.94. The highest BCUT2D eigenvalue weighted by molar-refractivity contribution is 8.00. The van der Waals surface area contributed by atoms with E-state index in [-0.39, 0.29) is 10.7 Å². The molecule has 2 rings (SSSR count). The molecule has 4 nitrogen and oxygen atoms in total. The molecule has 0 saturated heterocycles. The maximum atomic E-state index is 12.4. The summed E-state index contributed by atoms with van der Waals surface area (Å²) >= 11 is 1.89. The SMILES string of the molecule is CCCNc1ccncc1C(=O)NCC1(SC)CCCC1. The van der Waals surface area contributed by atoms with Gasteiger partial charge < -0.3 is 10.6 Å². The second kappa shape index (κ2) is 7.69. The topological polar surface area (TPSA) is 54.0 Å². The van der Waals surface area contributed by atoms with Gasteiger partial charge in [0.1, 0.15) is 0 Å². The monoisotopic (exact) mass is 307 g/mol. The molecule has 1 heterocycles. The fourth-order valence-electron chi connectivity index (χ4n) is 2.80. The van der Waals surface area contributed by atoms with E-state index >= 15 is 0 Å². The molecule has 1 aliphatic rings. The van der Waals surface area contributed by atoms with Crippen LogP contribution in [-0.2, 0) is 0 Å². The van der Waals surface area contributed by atoms with Gasteiger partial charge in [-0.3, -0.25) is 9.78 Å². The van der Waals surface area contributed by atoms with E-state index < -0.39 is 0 Å². The number of nitrogens with zero attached hydrogens (tertiary/aromatic N) is 1. The smallest absolute Gasteiger partial charge is 0.255 e. The zero-order valence-corrected chi connectivity index (χ0v) is 13.8. The number of rotatable bonds is 7. The van der Waals surface area contributed by atoms with Gasteiger partial charge >= 0.3 is 0 Å². The summed E-state index contributed by atoms with van der Waals surface area (Å²) in [7, 11) is 0. The average Bonchev–Trinajstić information content (AvgIpc) is 3.00. The van der Waals surface area contributed by atoms with Crippen molar-refractivity contribution in [2.45, 2.75) is 43.8 Å². The van der Waals surface area contributed by atoms with Crippen molar-refractivity contribution < 1.29 is 4.79 Å². The number of aromatic nitrogens is 1. The van der Waals surface area contributed by atoms with Crippen LogP contribution in [-0.4, -0.2) is 35.0 Å². The minimum atomic E-state index is -0.0259. The highest BCUT2D eigenvalue weighted by atomic mass is 32.2. The van der Waals surface area contributed by atoms with Crippen molar-refractivity contribution in [3.63, 3.8) is 0 Å². The van der Waals surface area contributed by atoms with Crippen LogP contribution in [0.3, 0.4) is 0 Å². The van der Waals surface area contributed by atoms with Crippen LogP contribution in [0.25, 0.3) is 0 Å². The van der Waals surface area contributed by atoms with E-state index in [1.807, 2.05) is 17.8 Å². The molecule has 0 radical (unpaired) electrons. The van der Waals surface area contributed by atoms with Crippen molar-refractivity contribution in [2.75, 3.05) is 24.7 Å². The molecule has 116 valence electrons. The average molecular weight is 307 g/mol. The van der Waals surface area contributed by atoms with Gasteiger partial charge in [-0.25, -0.2) is 0 Å². The standard InChI is InChI=1S/C16H25N3OS/c1-3-9-18-14-6-10-17-11-13(14)15(20)19-12-16(21-2)7-4-5-8-16/h6,10-11H,3-5,7-9,12H2,1-2H3,(H,17,18)(H,19,20). The van der Waals surface area contributed by atoms with E-state index in [2.05, 4.69) is 28.8 Å². The molecule has 1 aliphatic carbocycles. The summed E-state index contributed by atoms with van der Waals surface area (Å²) in [6.45, 7) is 3.71. The van der Waals surface area contributed by atoms with Gasteiger partial charge in [0.2, 0.25) is 0 Å². The second-order valence-corrected chi connectivity index (χ2v) is 6.90. The Balaban J connectivity index is 2.00. The largest absolute Gasteiger partial charge is 0.384 e. The molecule has 1 aromatic rings. The summed E-state index contributed by atoms with van der Waals surface area (Å²) in [6, 6.07) is 1.87. The lowest BCUT2D eigenvalue weighted by Crippen LogP contribution is -2.38. The van der Waals surface area contributed by atoms with E-state index in [0.717, 1.165) is 25.2 Å². The van der Waals surface area contributed by atoms with Crippen molar-refractivity contribution in [1.29, 1.82) is 0 Å². The third kappa shape index (κ3) is 4.13. The Morgan fingerprint density at radius 2 is 2.19 bits per heavy atom. The summed E-state index contributed by atoms with van der Waals surface area (Å²) in [4.78, 5) is 16.5. The van der Waals surface area contributed by atoms with Gasteiger partial charge in [-0.2, -0.15) is 11.8 Å². The maximum Gasteiger partial charge on any atom is 0.255 e. The molecule has 5 heteroatoms. The minimum absolute atomic E-state index is 0.0259. The van der Waals surface area contributed by atoms with Crippen LogP contribution in [0.15, 0.2) is 18.5 Å². The van der Waals surface area contributed by atoms with E-state index in [9.17, 15) is 4.79 Å². The second-order valence-electron chi connectivity index (χ2n) is 5.62. The van der Waals surface area contributed by atoms with Gasteiger partial charge in [-0.1, -0.05) is 19.8 Å². The number of amides is 1. The zero-order chi connectivity index (χ0) is 15.1. The number of pyridine rings is 1. The van der Waals surface area contributed by atoms with Gasteiger partial charge in [0, 0.05) is 30.2 Å². The Labute approximate surface area is 131 Å². The normalized spacial score (nSPS) is 16.7. The number of carbonyl (C=O) groups is 1. The van der Waals surface area contributed by atoms with E-state index in [1.165, 1.54) is 25.7 Å². The molecule has 1 fully saturated rings. The molecule has 0 aliphatic heterocycles. The zero-order valence-electron chi connectivity index (χ0n) is 12.9. The Bertz CT molecular complexity index is 472. The Morgan fingerprint density at radius 1 is 1.43 bits per heavy atom. The molecule has 1 amide bonds. The fourth-order valence-corrected chi connectivity index (χ4v) is 3.71. The van der Waals surface area contributed by atoms with Crippen LogP contribution in [0, 0.1) is 0 Å². The number of anilines is 1. The van der Waals surface area contributed by atoms with E-state index in [0.29, 0.717) is 5.56 Å². The van der Waals surface area contributed by atoms with Gasteiger partial charge in [0.25, 0.3) is 5.91 Å². The molecule has 2 N–H and O–H groups in total. The summed E-state index contributed by atoms with van der Waals surface area (Å²) in [5.41, 5.74) is 1.51. The van der Waals surface area contributed by atoms with Gasteiger partial charge in [-0.05, 0) is 31.6 Å². The van der Waals surface area contributed by atoms with Crippen LogP contribution in [0.4, 0.5) is 5.69 Å². The summed E-state index contributed by atoms with van der Waals surface area (Å²) in [5, 5.41) is 6.40. The third-order valence-corrected chi connectivity index (χ3v) is 5.57. The first-order chi connectivity index (χ1) is 10.2. The molecule has 0 aromatic carbocycles. The van der Waals surface area contributed by atoms with Gasteiger partial charge in [-0.15, -0.1) is 0 Å². The molecule has 0 spiro atoms. The summed E-state index contributed by atoms with van der Waals surface area (Å²) in [6.07, 6.45) is 11.5. The van der Waals surface area contributed by atoms with Gasteiger partial charge in [0.05, 0.1) is 11.3 Å². The first-order valence-electron chi connectivity index (χ1n) is 7.72. The summed E-state index contributed by atoms with van der Waals surface area (Å²) < 4.78 is 0.231. The van der Waals surface area contributed by atoms with Gasteiger partial charge in [0.15, 0.2) is 0 Å². The van der Waals surface area contributed by atoms with Crippen LogP contribution >= 0.6 is 11.8 Å². The lowest BCUT2D eigenvalue weighted by atomic mass is 10.1. The number of hydrogen-bond donors (Lipinski definition) is 2. The molecule has 1 aromatic heterocycles. The number of nitrogens with one attached hydrogen (secondary N) is 2. The Hall–Kier alpha value is -1.23. The fraction of sp³-hybridized carbons (Fsp3) is 0.625. The van der Waals surface area contributed by atoms with Crippen LogP contribution in [0.1, 0.15) is 49.4 Å². The Kier molecular flexibility index (Phi) is 5.91. The number of thioether (sulfide) groups is 1. The van der Waals surface area contributed by atoms with Crippen LogP contribution in [0.5, 0.6) is 0 Å². The van der Waals surface area contributed by atoms with Crippen molar-refractivity contribution in [3.8, 4) is 0 Å². The maximum absolute atomic E-state index is 12.4. The van der Waals surface area contributed by atoms with Crippen molar-refractivity contribution >= 4 is 23.4 Å². The molecular formula is C16H25N3OS. The lowest BCUT2D eigenvalue weighted by Gasteiger charge is -2.27. The number of carbonyl (C=O) groups excluding carboxylic acids is 1. The molecule has 0 unspecified atom stereocenters. The summed E-state index contributed by atoms with van der Waals surface area (Å²) in [5.74, 6) is -0.0259. The predicted molar refractivity (Wildman–Crippen MR) is 90.1 cm³/mol. The van der Waals surface area contributed by atoms with Crippen molar-refractivity contribution in [2.24, 2.45) is 0 Å². The molecular weight excluding hydrogens is 282 g/mol. The number of hydrogen-bond acceptors (Lipinski definition) is 4. The third-order valence-electron chi connectivity index (χ3n) is 4.15. The van der Waals surface area contributed by atoms with E-state index in [1.54, 1.807) is 12.4 Å².